The Morgan fingerprint density at radius 2 is 1.06 bits per heavy atom. The van der Waals surface area contributed by atoms with E-state index in [1.165, 1.54) is 62.2 Å². The summed E-state index contributed by atoms with van der Waals surface area (Å²) in [5.74, 6) is 2.24. The minimum Gasteiger partial charge on any atom is -0.478 e. The topological polar surface area (TPSA) is 129 Å². The monoisotopic (exact) mass is 652 g/mol. The Balaban J connectivity index is 0.000000291. The number of rotatable bonds is 3. The predicted molar refractivity (Wildman–Crippen MR) is 190 cm³/mol. The van der Waals surface area contributed by atoms with Crippen LogP contribution in [0.25, 0.3) is 0 Å². The summed E-state index contributed by atoms with van der Waals surface area (Å²) in [6.07, 6.45) is 12.9. The van der Waals surface area contributed by atoms with E-state index in [0.717, 1.165) is 42.2 Å². The largest absolute Gasteiger partial charge is 0.478 e. The van der Waals surface area contributed by atoms with Crippen LogP contribution >= 0.6 is 0 Å². The number of carboxylic acids is 3. The summed E-state index contributed by atoms with van der Waals surface area (Å²) in [4.78, 5) is 39.5. The second kappa shape index (κ2) is 16.6. The first-order valence-electron chi connectivity index (χ1n) is 16.6. The first kappa shape index (κ1) is 41.5. The van der Waals surface area contributed by atoms with Gasteiger partial charge in [-0.2, -0.15) is 0 Å². The van der Waals surface area contributed by atoms with Crippen LogP contribution in [0.15, 0.2) is 73.4 Å². The molecule has 47 heavy (non-hydrogen) atoms. The minimum atomic E-state index is -0.981. The van der Waals surface area contributed by atoms with Gasteiger partial charge < -0.3 is 15.3 Å². The molecular weight excluding hydrogens is 592 g/mol. The van der Waals surface area contributed by atoms with Gasteiger partial charge in [0.05, 0.1) is 0 Å². The van der Waals surface area contributed by atoms with Crippen LogP contribution in [0.1, 0.15) is 100 Å². The maximum atomic E-state index is 11.4. The first-order valence-corrected chi connectivity index (χ1v) is 16.6. The molecule has 9 aliphatic carbocycles. The molecule has 6 atom stereocenters. The molecule has 262 valence electrons. The fourth-order valence-electron chi connectivity index (χ4n) is 8.07. The van der Waals surface area contributed by atoms with Crippen LogP contribution in [0.5, 0.6) is 0 Å². The normalized spacial score (nSPS) is 29.8. The molecule has 7 fully saturated rings. The van der Waals surface area contributed by atoms with Crippen LogP contribution in [-0.4, -0.2) is 39.0 Å². The average molecular weight is 653 g/mol. The Morgan fingerprint density at radius 3 is 1.21 bits per heavy atom. The second-order valence-corrected chi connectivity index (χ2v) is 15.6. The highest BCUT2D eigenvalue weighted by molar-refractivity contribution is 5.95. The van der Waals surface area contributed by atoms with Crippen LogP contribution < -0.4 is 0 Å². The van der Waals surface area contributed by atoms with Crippen molar-refractivity contribution in [3.8, 4) is 0 Å². The Kier molecular flexibility index (Phi) is 14.6. The van der Waals surface area contributed by atoms with Gasteiger partial charge in [0.25, 0.3) is 0 Å². The summed E-state index contributed by atoms with van der Waals surface area (Å²) in [6.45, 7) is 34.9. The molecule has 0 aromatic heterocycles. The van der Waals surface area contributed by atoms with Crippen LogP contribution in [0.3, 0.4) is 0 Å². The van der Waals surface area contributed by atoms with E-state index in [0.29, 0.717) is 28.4 Å². The highest BCUT2D eigenvalue weighted by atomic mass is 16.4. The van der Waals surface area contributed by atoms with Crippen molar-refractivity contribution >= 4 is 23.7 Å². The molecule has 0 aromatic rings. The number of fused-ring (bicyclic) bond motifs is 5. The zero-order valence-corrected chi connectivity index (χ0v) is 30.2. The molecule has 0 aliphatic heterocycles. The third kappa shape index (κ3) is 10.3. The molecular formula is C40H60O7. The van der Waals surface area contributed by atoms with Crippen molar-refractivity contribution in [2.24, 2.45) is 51.8 Å². The number of ketones is 1. The standard InChI is InChI=1S/C10H14O.2C10H16.C4H6O2.2C3H4O2/c1-6-4-9(11)8-5-7(6)10(8,2)3;2*1-7-4-5-8-6-9(7)10(8,2)3;1-3(2)4(5)6;2*1-2-3(4)5/h4,7-8H,5H2,1-3H3;2*8-9H,1,4-6H2,2-3H3;1H2,2H3,(H,5,6);2*2H,1H2,(H,4,5). The SMILES string of the molecule is C=C(C)C(=O)O.C=C1CCC2CC1C2(C)C.C=C1CCC2CC1C2(C)C.C=CC(=O)O.C=CC(=O)O.CC1=CC(=O)C2CC1C2(C)C. The fourth-order valence-corrected chi connectivity index (χ4v) is 8.07. The fraction of sp³-hybridized carbons (Fsp3) is 0.600. The molecule has 7 heteroatoms. The third-order valence-electron chi connectivity index (χ3n) is 11.8. The van der Waals surface area contributed by atoms with Gasteiger partial charge in [-0.1, -0.05) is 91.2 Å². The van der Waals surface area contributed by atoms with Crippen LogP contribution in [-0.2, 0) is 19.2 Å². The van der Waals surface area contributed by atoms with Gasteiger partial charge >= 0.3 is 17.9 Å². The molecule has 6 unspecified atom stereocenters. The number of carbonyl (C=O) groups excluding carboxylic acids is 1. The lowest BCUT2D eigenvalue weighted by Crippen LogP contribution is -2.51. The van der Waals surface area contributed by atoms with E-state index in [1.807, 2.05) is 6.08 Å². The molecule has 7 nitrogen and oxygen atoms in total. The van der Waals surface area contributed by atoms with Crippen molar-refractivity contribution in [1.82, 2.24) is 0 Å². The van der Waals surface area contributed by atoms with E-state index in [9.17, 15) is 19.2 Å². The highest BCUT2D eigenvalue weighted by Gasteiger charge is 2.54. The number of hydrogen-bond donors (Lipinski definition) is 3. The number of hydrogen-bond acceptors (Lipinski definition) is 4. The van der Waals surface area contributed by atoms with E-state index in [4.69, 9.17) is 15.3 Å². The molecule has 0 amide bonds. The first-order chi connectivity index (χ1) is 21.5. The van der Waals surface area contributed by atoms with Gasteiger partial charge in [0.2, 0.25) is 0 Å². The van der Waals surface area contributed by atoms with Crippen LogP contribution in [0.4, 0.5) is 0 Å². The number of carbonyl (C=O) groups is 4. The van der Waals surface area contributed by atoms with E-state index in [1.54, 1.807) is 0 Å². The number of carboxylic acid groups (broad SMARTS) is 3. The molecule has 6 bridgehead atoms. The van der Waals surface area contributed by atoms with Crippen molar-refractivity contribution in [3.05, 3.63) is 73.4 Å². The van der Waals surface area contributed by atoms with E-state index in [-0.39, 0.29) is 11.0 Å². The van der Waals surface area contributed by atoms with E-state index in [2.05, 4.69) is 81.4 Å². The molecule has 7 saturated carbocycles. The summed E-state index contributed by atoms with van der Waals surface area (Å²) in [6, 6.07) is 0. The number of aliphatic carboxylic acids is 3. The van der Waals surface area contributed by atoms with Gasteiger partial charge in [0.1, 0.15) is 0 Å². The maximum Gasteiger partial charge on any atom is 0.330 e. The summed E-state index contributed by atoms with van der Waals surface area (Å²) in [5, 5.41) is 23.1. The lowest BCUT2D eigenvalue weighted by Gasteiger charge is -2.57. The van der Waals surface area contributed by atoms with Crippen molar-refractivity contribution in [2.75, 3.05) is 0 Å². The molecule has 9 rings (SSSR count). The molecule has 3 N–H and O–H groups in total. The maximum absolute atomic E-state index is 11.4. The Bertz CT molecular complexity index is 1220. The Morgan fingerprint density at radius 1 is 0.723 bits per heavy atom. The van der Waals surface area contributed by atoms with Crippen molar-refractivity contribution in [1.29, 1.82) is 0 Å². The molecule has 9 aliphatic rings. The van der Waals surface area contributed by atoms with Crippen LogP contribution in [0.2, 0.25) is 0 Å². The van der Waals surface area contributed by atoms with Gasteiger partial charge in [-0.05, 0) is 111 Å². The van der Waals surface area contributed by atoms with E-state index < -0.39 is 17.9 Å². The minimum absolute atomic E-state index is 0.176. The molecule has 0 spiro atoms. The molecule has 0 radical (unpaired) electrons. The molecule has 0 saturated heterocycles. The highest BCUT2D eigenvalue weighted by Crippen LogP contribution is 2.61. The van der Waals surface area contributed by atoms with Gasteiger partial charge in [-0.25, -0.2) is 14.4 Å². The predicted octanol–water partition coefficient (Wildman–Crippen LogP) is 9.34. The van der Waals surface area contributed by atoms with Crippen molar-refractivity contribution < 1.29 is 34.5 Å². The molecule has 0 heterocycles. The quantitative estimate of drug-likeness (QED) is 0.205. The van der Waals surface area contributed by atoms with Gasteiger partial charge in [0, 0.05) is 23.6 Å². The number of allylic oxidation sites excluding steroid dienone is 4. The Hall–Kier alpha value is -3.48. The zero-order valence-electron chi connectivity index (χ0n) is 30.2. The van der Waals surface area contributed by atoms with Gasteiger partial charge in [0.15, 0.2) is 5.78 Å². The zero-order chi connectivity index (χ0) is 36.7. The lowest BCUT2D eigenvalue weighted by molar-refractivity contribution is -0.134. The van der Waals surface area contributed by atoms with Crippen LogP contribution in [0, 0.1) is 51.8 Å². The van der Waals surface area contributed by atoms with Gasteiger partial charge in [-0.3, -0.25) is 4.79 Å². The lowest BCUT2D eigenvalue weighted by atomic mass is 9.47. The van der Waals surface area contributed by atoms with Crippen molar-refractivity contribution in [3.63, 3.8) is 0 Å². The van der Waals surface area contributed by atoms with Gasteiger partial charge in [-0.15, -0.1) is 0 Å². The third-order valence-corrected chi connectivity index (χ3v) is 11.8. The van der Waals surface area contributed by atoms with Crippen molar-refractivity contribution in [2.45, 2.75) is 100 Å². The molecule has 0 aromatic carbocycles. The summed E-state index contributed by atoms with van der Waals surface area (Å²) in [7, 11) is 0. The van der Waals surface area contributed by atoms with E-state index >= 15 is 0 Å². The summed E-state index contributed by atoms with van der Waals surface area (Å²) in [5.41, 5.74) is 5.98. The summed E-state index contributed by atoms with van der Waals surface area (Å²) < 4.78 is 0. The second-order valence-electron chi connectivity index (χ2n) is 15.6. The smallest absolute Gasteiger partial charge is 0.330 e. The summed E-state index contributed by atoms with van der Waals surface area (Å²) >= 11 is 0. The Labute approximate surface area is 283 Å². The average Bonchev–Trinajstić information content (AvgIpc) is 2.97.